The SMILES string of the molecule is CN(C)C(=O)[C@@]1(c2cnccn2)CCCN1Cc1cccnc1. The van der Waals surface area contributed by atoms with E-state index in [0.717, 1.165) is 30.6 Å². The number of rotatable bonds is 4. The van der Waals surface area contributed by atoms with Gasteiger partial charge in [0.15, 0.2) is 0 Å². The summed E-state index contributed by atoms with van der Waals surface area (Å²) >= 11 is 0. The van der Waals surface area contributed by atoms with Crippen molar-refractivity contribution < 1.29 is 4.79 Å². The molecule has 6 nitrogen and oxygen atoms in total. The molecule has 1 atom stereocenters. The fraction of sp³-hybridized carbons (Fsp3) is 0.412. The lowest BCUT2D eigenvalue weighted by Gasteiger charge is -2.38. The largest absolute Gasteiger partial charge is 0.347 e. The normalized spacial score (nSPS) is 21.3. The van der Waals surface area contributed by atoms with Crippen LogP contribution in [0.1, 0.15) is 24.1 Å². The molecule has 3 heterocycles. The highest BCUT2D eigenvalue weighted by Gasteiger charge is 2.50. The number of likely N-dealkylation sites (N-methyl/N-ethyl adjacent to an activating group) is 1. The zero-order chi connectivity index (χ0) is 16.3. The molecule has 1 aliphatic rings. The first-order valence-corrected chi connectivity index (χ1v) is 7.77. The van der Waals surface area contributed by atoms with Crippen LogP contribution in [0.2, 0.25) is 0 Å². The molecule has 120 valence electrons. The Labute approximate surface area is 136 Å². The molecule has 23 heavy (non-hydrogen) atoms. The van der Waals surface area contributed by atoms with E-state index < -0.39 is 5.54 Å². The highest BCUT2D eigenvalue weighted by molar-refractivity contribution is 5.87. The lowest BCUT2D eigenvalue weighted by molar-refractivity contribution is -0.141. The van der Waals surface area contributed by atoms with E-state index >= 15 is 0 Å². The van der Waals surface area contributed by atoms with E-state index in [9.17, 15) is 4.79 Å². The molecule has 2 aromatic heterocycles. The number of hydrogen-bond acceptors (Lipinski definition) is 5. The number of carbonyl (C=O) groups is 1. The molecule has 1 amide bonds. The van der Waals surface area contributed by atoms with Crippen LogP contribution in [0.25, 0.3) is 0 Å². The standard InChI is InChI=1S/C17H21N5O/c1-21(2)16(23)17(15-12-19-8-9-20-15)6-4-10-22(17)13-14-5-3-7-18-11-14/h3,5,7-9,11-12H,4,6,10,13H2,1-2H3/t17-/m0/s1. The Morgan fingerprint density at radius 1 is 1.26 bits per heavy atom. The zero-order valence-corrected chi connectivity index (χ0v) is 13.5. The molecule has 0 radical (unpaired) electrons. The van der Waals surface area contributed by atoms with Crippen molar-refractivity contribution in [1.29, 1.82) is 0 Å². The van der Waals surface area contributed by atoms with Gasteiger partial charge in [-0.05, 0) is 31.0 Å². The van der Waals surface area contributed by atoms with Crippen LogP contribution in [0, 0.1) is 0 Å². The summed E-state index contributed by atoms with van der Waals surface area (Å²) in [6, 6.07) is 3.95. The maximum Gasteiger partial charge on any atom is 0.248 e. The van der Waals surface area contributed by atoms with Crippen LogP contribution in [-0.4, -0.2) is 51.3 Å². The van der Waals surface area contributed by atoms with Gasteiger partial charge in [0, 0.05) is 45.4 Å². The minimum absolute atomic E-state index is 0.0550. The first-order chi connectivity index (χ1) is 11.1. The van der Waals surface area contributed by atoms with E-state index in [1.54, 1.807) is 43.8 Å². The van der Waals surface area contributed by atoms with E-state index in [0.29, 0.717) is 6.54 Å². The van der Waals surface area contributed by atoms with Crippen LogP contribution in [0.5, 0.6) is 0 Å². The van der Waals surface area contributed by atoms with E-state index in [2.05, 4.69) is 19.9 Å². The fourth-order valence-electron chi connectivity index (χ4n) is 3.33. The Morgan fingerprint density at radius 2 is 2.09 bits per heavy atom. The topological polar surface area (TPSA) is 62.2 Å². The van der Waals surface area contributed by atoms with Gasteiger partial charge in [-0.3, -0.25) is 24.6 Å². The Hall–Kier alpha value is -2.34. The van der Waals surface area contributed by atoms with Gasteiger partial charge in [-0.15, -0.1) is 0 Å². The van der Waals surface area contributed by atoms with Gasteiger partial charge in [-0.2, -0.15) is 0 Å². The van der Waals surface area contributed by atoms with Gasteiger partial charge in [0.1, 0.15) is 5.54 Å². The first-order valence-electron chi connectivity index (χ1n) is 7.77. The third-order valence-electron chi connectivity index (χ3n) is 4.35. The Kier molecular flexibility index (Phi) is 4.34. The molecule has 0 aliphatic carbocycles. The van der Waals surface area contributed by atoms with Crippen molar-refractivity contribution in [3.63, 3.8) is 0 Å². The molecule has 6 heteroatoms. The van der Waals surface area contributed by atoms with Gasteiger partial charge in [-0.1, -0.05) is 6.07 Å². The summed E-state index contributed by atoms with van der Waals surface area (Å²) in [6.07, 6.45) is 10.3. The van der Waals surface area contributed by atoms with Crippen molar-refractivity contribution in [3.8, 4) is 0 Å². The summed E-state index contributed by atoms with van der Waals surface area (Å²) in [7, 11) is 3.59. The second-order valence-electron chi connectivity index (χ2n) is 6.04. The van der Waals surface area contributed by atoms with E-state index in [-0.39, 0.29) is 5.91 Å². The second-order valence-corrected chi connectivity index (χ2v) is 6.04. The van der Waals surface area contributed by atoms with Crippen LogP contribution >= 0.6 is 0 Å². The van der Waals surface area contributed by atoms with Crippen molar-refractivity contribution in [2.75, 3.05) is 20.6 Å². The minimum Gasteiger partial charge on any atom is -0.347 e. The summed E-state index contributed by atoms with van der Waals surface area (Å²) in [5, 5.41) is 0. The predicted molar refractivity (Wildman–Crippen MR) is 86.3 cm³/mol. The van der Waals surface area contributed by atoms with Crippen molar-refractivity contribution in [1.82, 2.24) is 24.8 Å². The molecular weight excluding hydrogens is 290 g/mol. The van der Waals surface area contributed by atoms with Crippen LogP contribution < -0.4 is 0 Å². The molecule has 0 bridgehead atoms. The maximum atomic E-state index is 13.1. The maximum absolute atomic E-state index is 13.1. The number of nitrogens with zero attached hydrogens (tertiary/aromatic N) is 5. The lowest BCUT2D eigenvalue weighted by Crippen LogP contribution is -2.52. The quantitative estimate of drug-likeness (QED) is 0.855. The first kappa shape index (κ1) is 15.6. The molecule has 0 aromatic carbocycles. The molecule has 0 saturated carbocycles. The molecular formula is C17H21N5O. The van der Waals surface area contributed by atoms with Gasteiger partial charge in [0.05, 0.1) is 11.9 Å². The number of aromatic nitrogens is 3. The Morgan fingerprint density at radius 3 is 2.74 bits per heavy atom. The number of amides is 1. The van der Waals surface area contributed by atoms with Gasteiger partial charge in [0.25, 0.3) is 0 Å². The van der Waals surface area contributed by atoms with Crippen molar-refractivity contribution in [2.45, 2.75) is 24.9 Å². The van der Waals surface area contributed by atoms with Crippen molar-refractivity contribution in [2.24, 2.45) is 0 Å². The number of hydrogen-bond donors (Lipinski definition) is 0. The van der Waals surface area contributed by atoms with Crippen LogP contribution in [0.15, 0.2) is 43.1 Å². The molecule has 3 rings (SSSR count). The summed E-state index contributed by atoms with van der Waals surface area (Å²) < 4.78 is 0. The summed E-state index contributed by atoms with van der Waals surface area (Å²) in [4.78, 5) is 29.7. The predicted octanol–water partition coefficient (Wildman–Crippen LogP) is 1.45. The van der Waals surface area contributed by atoms with E-state index in [4.69, 9.17) is 0 Å². The number of carbonyl (C=O) groups excluding carboxylic acids is 1. The van der Waals surface area contributed by atoms with Gasteiger partial charge < -0.3 is 4.90 Å². The number of likely N-dealkylation sites (tertiary alicyclic amines) is 1. The van der Waals surface area contributed by atoms with Crippen molar-refractivity contribution in [3.05, 3.63) is 54.4 Å². The average Bonchev–Trinajstić information content (AvgIpc) is 3.00. The Bertz CT molecular complexity index is 661. The van der Waals surface area contributed by atoms with Crippen LogP contribution in [-0.2, 0) is 16.9 Å². The monoisotopic (exact) mass is 311 g/mol. The highest BCUT2D eigenvalue weighted by atomic mass is 16.2. The van der Waals surface area contributed by atoms with Crippen LogP contribution in [0.3, 0.4) is 0 Å². The molecule has 0 unspecified atom stereocenters. The molecule has 1 saturated heterocycles. The zero-order valence-electron chi connectivity index (χ0n) is 13.5. The summed E-state index contributed by atoms with van der Waals surface area (Å²) in [5.74, 6) is 0.0550. The molecule has 0 spiro atoms. The average molecular weight is 311 g/mol. The summed E-state index contributed by atoms with van der Waals surface area (Å²) in [6.45, 7) is 1.52. The van der Waals surface area contributed by atoms with E-state index in [1.807, 2.05) is 18.3 Å². The molecule has 1 aliphatic heterocycles. The molecule has 1 fully saturated rings. The smallest absolute Gasteiger partial charge is 0.248 e. The second kappa shape index (κ2) is 6.42. The molecule has 0 N–H and O–H groups in total. The number of pyridine rings is 1. The van der Waals surface area contributed by atoms with Crippen molar-refractivity contribution >= 4 is 5.91 Å². The highest BCUT2D eigenvalue weighted by Crippen LogP contribution is 2.40. The summed E-state index contributed by atoms with van der Waals surface area (Å²) in [5.41, 5.74) is 1.07. The molecule has 2 aromatic rings. The van der Waals surface area contributed by atoms with Gasteiger partial charge in [0.2, 0.25) is 5.91 Å². The van der Waals surface area contributed by atoms with E-state index in [1.165, 1.54) is 0 Å². The third-order valence-corrected chi connectivity index (χ3v) is 4.35. The van der Waals surface area contributed by atoms with Gasteiger partial charge >= 0.3 is 0 Å². The fourth-order valence-corrected chi connectivity index (χ4v) is 3.33. The third kappa shape index (κ3) is 2.82. The van der Waals surface area contributed by atoms with Crippen LogP contribution in [0.4, 0.5) is 0 Å². The Balaban J connectivity index is 2.02. The lowest BCUT2D eigenvalue weighted by atomic mass is 9.90. The van der Waals surface area contributed by atoms with Gasteiger partial charge in [-0.25, -0.2) is 0 Å². The minimum atomic E-state index is -0.742.